The van der Waals surface area contributed by atoms with E-state index in [0.717, 1.165) is 16.4 Å². The monoisotopic (exact) mass is 195 g/mol. The molecule has 0 aromatic heterocycles. The highest BCUT2D eigenvalue weighted by Gasteiger charge is 2.10. The third-order valence-electron chi connectivity index (χ3n) is 1.52. The molecule has 0 fully saturated rings. The lowest BCUT2D eigenvalue weighted by Gasteiger charge is -2.18. The minimum Gasteiger partial charge on any atom is -0.484 e. The number of rotatable bonds is 0. The molecule has 13 heavy (non-hydrogen) atoms. The van der Waals surface area contributed by atoms with Gasteiger partial charge in [0.2, 0.25) is 0 Å². The lowest BCUT2D eigenvalue weighted by atomic mass is 10.2. The zero-order valence-corrected chi connectivity index (χ0v) is 8.65. The smallest absolute Gasteiger partial charge is 0.143 e. The molecule has 0 saturated carbocycles. The Morgan fingerprint density at radius 1 is 1.31 bits per heavy atom. The third kappa shape index (κ3) is 2.42. The summed E-state index contributed by atoms with van der Waals surface area (Å²) in [6.07, 6.45) is 0. The Morgan fingerprint density at radius 2 is 2.00 bits per heavy atom. The summed E-state index contributed by atoms with van der Waals surface area (Å²) in [6.45, 7) is 4.49. The predicted molar refractivity (Wildman–Crippen MR) is 59.5 cm³/mol. The average molecular weight is 195 g/mol. The van der Waals surface area contributed by atoms with Crippen molar-refractivity contribution in [2.24, 2.45) is 0 Å². The molecule has 0 saturated heterocycles. The van der Waals surface area contributed by atoms with Gasteiger partial charge in [0.25, 0.3) is 0 Å². The summed E-state index contributed by atoms with van der Waals surface area (Å²) in [7, 11) is 0. The van der Waals surface area contributed by atoms with E-state index in [1.807, 2.05) is 38.1 Å². The van der Waals surface area contributed by atoms with Crippen LogP contribution < -0.4 is 10.1 Å². The normalized spacial score (nSPS) is 12.9. The minimum absolute atomic E-state index is 0.492. The number of thiocarbonyl (C=S) groups is 1. The van der Waals surface area contributed by atoms with Gasteiger partial charge in [0.05, 0.1) is 5.69 Å². The molecule has 0 radical (unpaired) electrons. The van der Waals surface area contributed by atoms with Gasteiger partial charge in [-0.05, 0) is 12.1 Å². The standard InChI is InChI=1S/C8H7NOS.C2H6/c11-8-5-10-7-4-2-1-3-6(7)9-8;1-2/h1-4H,5H2,(H,9,11);1-2H3. The first-order chi connectivity index (χ1) is 6.36. The first-order valence-electron chi connectivity index (χ1n) is 4.38. The zero-order chi connectivity index (χ0) is 9.68. The van der Waals surface area contributed by atoms with Crippen LogP contribution in [0.3, 0.4) is 0 Å². The number of anilines is 1. The van der Waals surface area contributed by atoms with E-state index in [2.05, 4.69) is 5.32 Å². The van der Waals surface area contributed by atoms with Crippen molar-refractivity contribution >= 4 is 22.9 Å². The van der Waals surface area contributed by atoms with Crippen LogP contribution in [0.4, 0.5) is 5.69 Å². The Labute approximate surface area is 83.9 Å². The van der Waals surface area contributed by atoms with Gasteiger partial charge in [0, 0.05) is 0 Å². The molecule has 1 heterocycles. The number of benzene rings is 1. The molecule has 0 amide bonds. The fraction of sp³-hybridized carbons (Fsp3) is 0.300. The van der Waals surface area contributed by atoms with Crippen LogP contribution in [0.25, 0.3) is 0 Å². The molecule has 3 heteroatoms. The van der Waals surface area contributed by atoms with Crippen molar-refractivity contribution in [3.8, 4) is 5.75 Å². The van der Waals surface area contributed by atoms with Crippen molar-refractivity contribution in [1.82, 2.24) is 0 Å². The second kappa shape index (κ2) is 4.82. The molecule has 1 N–H and O–H groups in total. The minimum atomic E-state index is 0.492. The van der Waals surface area contributed by atoms with Gasteiger partial charge in [-0.25, -0.2) is 0 Å². The van der Waals surface area contributed by atoms with Gasteiger partial charge < -0.3 is 10.1 Å². The van der Waals surface area contributed by atoms with Crippen molar-refractivity contribution in [2.75, 3.05) is 11.9 Å². The first-order valence-corrected chi connectivity index (χ1v) is 4.79. The van der Waals surface area contributed by atoms with Crippen molar-refractivity contribution < 1.29 is 4.74 Å². The number of ether oxygens (including phenoxy) is 1. The van der Waals surface area contributed by atoms with E-state index in [1.54, 1.807) is 0 Å². The lowest BCUT2D eigenvalue weighted by molar-refractivity contribution is 0.375. The summed E-state index contributed by atoms with van der Waals surface area (Å²) in [5, 5.41) is 3.07. The van der Waals surface area contributed by atoms with Gasteiger partial charge in [0.15, 0.2) is 0 Å². The Kier molecular flexibility index (Phi) is 3.71. The number of para-hydroxylation sites is 2. The molecule has 0 unspecified atom stereocenters. The van der Waals surface area contributed by atoms with E-state index in [4.69, 9.17) is 17.0 Å². The molecular formula is C10H13NOS. The largest absolute Gasteiger partial charge is 0.484 e. The maximum Gasteiger partial charge on any atom is 0.143 e. The molecule has 2 rings (SSSR count). The average Bonchev–Trinajstić information content (AvgIpc) is 2.21. The number of fused-ring (bicyclic) bond motifs is 1. The molecule has 0 bridgehead atoms. The number of hydrogen-bond donors (Lipinski definition) is 1. The first kappa shape index (κ1) is 9.99. The Bertz CT molecular complexity index is 299. The Hall–Kier alpha value is -1.09. The van der Waals surface area contributed by atoms with Crippen LogP contribution in [0.1, 0.15) is 13.8 Å². The van der Waals surface area contributed by atoms with Gasteiger partial charge in [-0.3, -0.25) is 0 Å². The number of nitrogens with one attached hydrogen (secondary N) is 1. The van der Waals surface area contributed by atoms with Crippen molar-refractivity contribution in [2.45, 2.75) is 13.8 Å². The van der Waals surface area contributed by atoms with Crippen LogP contribution in [-0.2, 0) is 0 Å². The van der Waals surface area contributed by atoms with Gasteiger partial charge in [0.1, 0.15) is 17.3 Å². The van der Waals surface area contributed by atoms with Gasteiger partial charge in [-0.15, -0.1) is 0 Å². The van der Waals surface area contributed by atoms with Crippen LogP contribution >= 0.6 is 12.2 Å². The highest BCUT2D eigenvalue weighted by atomic mass is 32.1. The molecule has 0 spiro atoms. The van der Waals surface area contributed by atoms with Crippen LogP contribution in [0.2, 0.25) is 0 Å². The molecule has 0 aliphatic carbocycles. The SMILES string of the molecule is CC.S=C1COc2ccccc2N1. The molecule has 1 aromatic carbocycles. The number of hydrogen-bond acceptors (Lipinski definition) is 2. The van der Waals surface area contributed by atoms with E-state index in [9.17, 15) is 0 Å². The second-order valence-electron chi connectivity index (χ2n) is 2.33. The highest BCUT2D eigenvalue weighted by Crippen LogP contribution is 2.26. The van der Waals surface area contributed by atoms with E-state index in [1.165, 1.54) is 0 Å². The van der Waals surface area contributed by atoms with Gasteiger partial charge in [-0.2, -0.15) is 0 Å². The topological polar surface area (TPSA) is 21.3 Å². The van der Waals surface area contributed by atoms with Crippen molar-refractivity contribution in [1.29, 1.82) is 0 Å². The Morgan fingerprint density at radius 3 is 2.77 bits per heavy atom. The summed E-state index contributed by atoms with van der Waals surface area (Å²) in [4.78, 5) is 0.740. The van der Waals surface area contributed by atoms with Crippen LogP contribution in [-0.4, -0.2) is 11.6 Å². The summed E-state index contributed by atoms with van der Waals surface area (Å²) < 4.78 is 5.33. The fourth-order valence-corrected chi connectivity index (χ4v) is 1.19. The molecule has 2 nitrogen and oxygen atoms in total. The van der Waals surface area contributed by atoms with Crippen LogP contribution in [0.5, 0.6) is 5.75 Å². The van der Waals surface area contributed by atoms with Crippen LogP contribution in [0.15, 0.2) is 24.3 Å². The fourth-order valence-electron chi connectivity index (χ4n) is 1.03. The maximum atomic E-state index is 5.33. The molecule has 0 atom stereocenters. The second-order valence-corrected chi connectivity index (χ2v) is 2.83. The van der Waals surface area contributed by atoms with E-state index in [0.29, 0.717) is 6.61 Å². The summed E-state index contributed by atoms with van der Waals surface area (Å²) in [6, 6.07) is 7.75. The van der Waals surface area contributed by atoms with Gasteiger partial charge >= 0.3 is 0 Å². The Balaban J connectivity index is 0.000000396. The zero-order valence-electron chi connectivity index (χ0n) is 7.83. The molecule has 1 aromatic rings. The molecule has 1 aliphatic heterocycles. The molecule has 1 aliphatic rings. The quantitative estimate of drug-likeness (QED) is 0.643. The van der Waals surface area contributed by atoms with E-state index >= 15 is 0 Å². The summed E-state index contributed by atoms with van der Waals surface area (Å²) >= 11 is 4.95. The van der Waals surface area contributed by atoms with E-state index in [-0.39, 0.29) is 0 Å². The predicted octanol–water partition coefficient (Wildman–Crippen LogP) is 2.84. The maximum absolute atomic E-state index is 5.33. The van der Waals surface area contributed by atoms with Crippen molar-refractivity contribution in [3.63, 3.8) is 0 Å². The van der Waals surface area contributed by atoms with Gasteiger partial charge in [-0.1, -0.05) is 38.2 Å². The summed E-state index contributed by atoms with van der Waals surface area (Å²) in [5.74, 6) is 0.876. The summed E-state index contributed by atoms with van der Waals surface area (Å²) in [5.41, 5.74) is 0.962. The van der Waals surface area contributed by atoms with E-state index < -0.39 is 0 Å². The lowest BCUT2D eigenvalue weighted by Crippen LogP contribution is -2.23. The molecular weight excluding hydrogens is 182 g/mol. The van der Waals surface area contributed by atoms with Crippen molar-refractivity contribution in [3.05, 3.63) is 24.3 Å². The van der Waals surface area contributed by atoms with Crippen LogP contribution in [0, 0.1) is 0 Å². The third-order valence-corrected chi connectivity index (χ3v) is 1.74. The highest BCUT2D eigenvalue weighted by molar-refractivity contribution is 7.80. The molecule has 70 valence electrons.